The lowest BCUT2D eigenvalue weighted by Crippen LogP contribution is -2.31. The van der Waals surface area contributed by atoms with Gasteiger partial charge in [0.2, 0.25) is 0 Å². The number of ether oxygens (including phenoxy) is 1. The molecule has 0 fully saturated rings. The number of nitrogens with zero attached hydrogens (tertiary/aromatic N) is 4. The van der Waals surface area contributed by atoms with Crippen molar-refractivity contribution in [3.63, 3.8) is 0 Å². The van der Waals surface area contributed by atoms with Gasteiger partial charge in [-0.3, -0.25) is 9.58 Å². The molecule has 0 saturated heterocycles. The Balaban J connectivity index is 1.61. The summed E-state index contributed by atoms with van der Waals surface area (Å²) >= 11 is 0. The summed E-state index contributed by atoms with van der Waals surface area (Å²) in [5.74, 6) is -0.776. The average molecular weight is 485 g/mol. The lowest BCUT2D eigenvalue weighted by Gasteiger charge is -2.29. The lowest BCUT2D eigenvalue weighted by atomic mass is 9.97. The normalized spacial score (nSPS) is 11.8. The highest BCUT2D eigenvalue weighted by Gasteiger charge is 2.17. The second kappa shape index (κ2) is 12.0. The summed E-state index contributed by atoms with van der Waals surface area (Å²) in [6, 6.07) is 27.2. The zero-order valence-corrected chi connectivity index (χ0v) is 20.4. The smallest absolute Gasteiger partial charge is 0.360 e. The summed E-state index contributed by atoms with van der Waals surface area (Å²) < 4.78 is 19.9. The second-order valence-electron chi connectivity index (χ2n) is 8.43. The SMILES string of the molecule is COC(=O)c1cn(CCN(CC=C(c2ccccc2)c2ccccc2)[C@H](C)c2ccc(F)cc2)nn1. The third kappa shape index (κ3) is 6.31. The van der Waals surface area contributed by atoms with Gasteiger partial charge in [0.05, 0.1) is 19.9 Å². The molecule has 0 spiro atoms. The monoisotopic (exact) mass is 484 g/mol. The fraction of sp³-hybridized carbons (Fsp3) is 0.207. The molecule has 6 nitrogen and oxygen atoms in total. The van der Waals surface area contributed by atoms with Gasteiger partial charge in [0.25, 0.3) is 0 Å². The molecule has 1 atom stereocenters. The molecule has 0 radical (unpaired) electrons. The van der Waals surface area contributed by atoms with Crippen LogP contribution in [0.1, 0.15) is 40.1 Å². The summed E-state index contributed by atoms with van der Waals surface area (Å²) in [6.45, 7) is 3.91. The molecule has 1 heterocycles. The minimum atomic E-state index is -0.518. The van der Waals surface area contributed by atoms with Crippen LogP contribution in [0.15, 0.2) is 97.2 Å². The number of hydrogen-bond acceptors (Lipinski definition) is 5. The van der Waals surface area contributed by atoms with E-state index in [2.05, 4.69) is 52.5 Å². The van der Waals surface area contributed by atoms with Crippen LogP contribution >= 0.6 is 0 Å². The third-order valence-corrected chi connectivity index (χ3v) is 6.15. The molecule has 7 heteroatoms. The molecule has 36 heavy (non-hydrogen) atoms. The third-order valence-electron chi connectivity index (χ3n) is 6.15. The van der Waals surface area contributed by atoms with Crippen molar-refractivity contribution < 1.29 is 13.9 Å². The number of benzene rings is 3. The van der Waals surface area contributed by atoms with Crippen LogP contribution < -0.4 is 0 Å². The van der Waals surface area contributed by atoms with E-state index in [4.69, 9.17) is 4.74 Å². The Hall–Kier alpha value is -4.10. The van der Waals surface area contributed by atoms with Gasteiger partial charge in [0, 0.05) is 19.1 Å². The van der Waals surface area contributed by atoms with Crippen LogP contribution in [0.25, 0.3) is 5.57 Å². The summed E-state index contributed by atoms with van der Waals surface area (Å²) in [4.78, 5) is 14.0. The largest absolute Gasteiger partial charge is 0.464 e. The van der Waals surface area contributed by atoms with E-state index in [0.29, 0.717) is 19.6 Å². The van der Waals surface area contributed by atoms with Gasteiger partial charge in [-0.1, -0.05) is 84.1 Å². The van der Waals surface area contributed by atoms with Crippen molar-refractivity contribution in [2.45, 2.75) is 19.5 Å². The van der Waals surface area contributed by atoms with Crippen LogP contribution in [0.5, 0.6) is 0 Å². The van der Waals surface area contributed by atoms with E-state index >= 15 is 0 Å². The molecule has 1 aromatic heterocycles. The molecule has 0 unspecified atom stereocenters. The highest BCUT2D eigenvalue weighted by atomic mass is 19.1. The Morgan fingerprint density at radius 2 is 1.61 bits per heavy atom. The molecule has 0 aliphatic heterocycles. The van der Waals surface area contributed by atoms with Gasteiger partial charge in [-0.2, -0.15) is 0 Å². The van der Waals surface area contributed by atoms with E-state index in [1.54, 1.807) is 10.9 Å². The average Bonchev–Trinajstić information content (AvgIpc) is 3.40. The predicted octanol–water partition coefficient (Wildman–Crippen LogP) is 5.40. The van der Waals surface area contributed by atoms with Gasteiger partial charge in [0.1, 0.15) is 5.82 Å². The maximum atomic E-state index is 13.6. The van der Waals surface area contributed by atoms with Crippen LogP contribution in [0.2, 0.25) is 0 Å². The molecule has 0 aliphatic carbocycles. The van der Waals surface area contributed by atoms with Gasteiger partial charge in [0.15, 0.2) is 5.69 Å². The fourth-order valence-electron chi connectivity index (χ4n) is 4.08. The van der Waals surface area contributed by atoms with E-state index in [1.807, 2.05) is 48.5 Å². The van der Waals surface area contributed by atoms with Gasteiger partial charge >= 0.3 is 5.97 Å². The minimum absolute atomic E-state index is 0.0123. The minimum Gasteiger partial charge on any atom is -0.464 e. The quantitative estimate of drug-likeness (QED) is 0.282. The molecule has 0 aliphatic rings. The van der Waals surface area contributed by atoms with Crippen LogP contribution in [0, 0.1) is 5.82 Å². The highest BCUT2D eigenvalue weighted by molar-refractivity contribution is 5.86. The molecule has 4 rings (SSSR count). The van der Waals surface area contributed by atoms with Crippen molar-refractivity contribution >= 4 is 11.5 Å². The molecule has 0 N–H and O–H groups in total. The topological polar surface area (TPSA) is 60.2 Å². The number of halogens is 1. The maximum absolute atomic E-state index is 13.6. The second-order valence-corrected chi connectivity index (χ2v) is 8.43. The standard InChI is InChI=1S/C29H29FN4O2/c1-22(23-13-15-26(30)16-14-23)33(19-20-34-21-28(31-32-34)29(35)36-2)18-17-27(24-9-5-3-6-10-24)25-11-7-4-8-12-25/h3-17,21-22H,18-20H2,1-2H3/t22-/m1/s1. The van der Waals surface area contributed by atoms with Crippen molar-refractivity contribution in [1.29, 1.82) is 0 Å². The van der Waals surface area contributed by atoms with Gasteiger partial charge in [-0.15, -0.1) is 5.10 Å². The van der Waals surface area contributed by atoms with E-state index in [-0.39, 0.29) is 17.6 Å². The zero-order valence-electron chi connectivity index (χ0n) is 20.4. The van der Waals surface area contributed by atoms with Crippen molar-refractivity contribution in [3.8, 4) is 0 Å². The van der Waals surface area contributed by atoms with E-state index in [1.165, 1.54) is 19.2 Å². The Morgan fingerprint density at radius 1 is 1.00 bits per heavy atom. The van der Waals surface area contributed by atoms with Crippen molar-refractivity contribution in [3.05, 3.63) is 125 Å². The predicted molar refractivity (Wildman–Crippen MR) is 138 cm³/mol. The van der Waals surface area contributed by atoms with Crippen LogP contribution in [-0.2, 0) is 11.3 Å². The molecule has 0 bridgehead atoms. The number of carbonyl (C=O) groups is 1. The molecule has 3 aromatic carbocycles. The fourth-order valence-corrected chi connectivity index (χ4v) is 4.08. The maximum Gasteiger partial charge on any atom is 0.360 e. The van der Waals surface area contributed by atoms with E-state index in [0.717, 1.165) is 22.3 Å². The van der Waals surface area contributed by atoms with E-state index in [9.17, 15) is 9.18 Å². The van der Waals surface area contributed by atoms with Crippen molar-refractivity contribution in [1.82, 2.24) is 19.9 Å². The summed E-state index contributed by atoms with van der Waals surface area (Å²) in [5, 5.41) is 7.96. The number of aromatic nitrogens is 3. The van der Waals surface area contributed by atoms with Gasteiger partial charge in [-0.25, -0.2) is 9.18 Å². The molecule has 4 aromatic rings. The number of hydrogen-bond donors (Lipinski definition) is 0. The summed E-state index contributed by atoms with van der Waals surface area (Å²) in [6.07, 6.45) is 3.81. The van der Waals surface area contributed by atoms with Crippen molar-refractivity contribution in [2.24, 2.45) is 0 Å². The molecule has 0 saturated carbocycles. The number of esters is 1. The van der Waals surface area contributed by atoms with Crippen LogP contribution in [0.3, 0.4) is 0 Å². The van der Waals surface area contributed by atoms with Gasteiger partial charge < -0.3 is 4.74 Å². The Morgan fingerprint density at radius 3 is 2.19 bits per heavy atom. The lowest BCUT2D eigenvalue weighted by molar-refractivity contribution is 0.0594. The highest BCUT2D eigenvalue weighted by Crippen LogP contribution is 2.25. The molecule has 184 valence electrons. The Bertz CT molecular complexity index is 1250. The van der Waals surface area contributed by atoms with Crippen LogP contribution in [-0.4, -0.2) is 46.1 Å². The Labute approximate surface area is 210 Å². The number of methoxy groups -OCH3 is 1. The number of carbonyl (C=O) groups excluding carboxylic acids is 1. The molecular formula is C29H29FN4O2. The first kappa shape index (κ1) is 25.0. The first-order valence-corrected chi connectivity index (χ1v) is 11.8. The Kier molecular flexibility index (Phi) is 8.36. The number of rotatable bonds is 10. The molecular weight excluding hydrogens is 455 g/mol. The first-order valence-electron chi connectivity index (χ1n) is 11.8. The summed E-state index contributed by atoms with van der Waals surface area (Å²) in [7, 11) is 1.32. The van der Waals surface area contributed by atoms with E-state index < -0.39 is 5.97 Å². The zero-order chi connectivity index (χ0) is 25.3. The van der Waals surface area contributed by atoms with Gasteiger partial charge in [-0.05, 0) is 41.3 Å². The van der Waals surface area contributed by atoms with Crippen LogP contribution in [0.4, 0.5) is 4.39 Å². The summed E-state index contributed by atoms with van der Waals surface area (Å²) in [5.41, 5.74) is 4.60. The van der Waals surface area contributed by atoms with Crippen molar-refractivity contribution in [2.75, 3.05) is 20.2 Å². The first-order chi connectivity index (χ1) is 17.5. The molecule has 0 amide bonds.